The fourth-order valence-electron chi connectivity index (χ4n) is 6.57. The summed E-state index contributed by atoms with van der Waals surface area (Å²) in [5, 5.41) is 0. The molecule has 0 bridgehead atoms. The molecule has 1 saturated carbocycles. The topological polar surface area (TPSA) is 29.5 Å². The predicted molar refractivity (Wildman–Crippen MR) is 171 cm³/mol. The molecule has 1 fully saturated rings. The van der Waals surface area contributed by atoms with Crippen LogP contribution in [0.5, 0.6) is 0 Å². The Labute approximate surface area is 246 Å². The van der Waals surface area contributed by atoms with E-state index in [9.17, 15) is 4.79 Å². The molecule has 0 saturated heterocycles. The van der Waals surface area contributed by atoms with Gasteiger partial charge in [-0.2, -0.15) is 0 Å². The molecule has 3 atom stereocenters. The molecule has 0 N–H and O–H groups in total. The lowest BCUT2D eigenvalue weighted by Gasteiger charge is -2.20. The number of carbonyl (C=O) groups is 1. The van der Waals surface area contributed by atoms with E-state index in [2.05, 4.69) is 25.9 Å². The third-order valence-electron chi connectivity index (χ3n) is 9.22. The van der Waals surface area contributed by atoms with Gasteiger partial charge in [-0.3, -0.25) is 4.79 Å². The van der Waals surface area contributed by atoms with Crippen LogP contribution in [0.2, 0.25) is 0 Å². The summed E-state index contributed by atoms with van der Waals surface area (Å²) in [4.78, 5) is 13.8. The van der Waals surface area contributed by atoms with Crippen molar-refractivity contribution in [2.75, 3.05) is 27.2 Å². The molecule has 232 valence electrons. The first kappa shape index (κ1) is 36.5. The zero-order chi connectivity index (χ0) is 28.4. The highest BCUT2D eigenvalue weighted by Gasteiger charge is 2.41. The van der Waals surface area contributed by atoms with E-state index in [0.29, 0.717) is 13.0 Å². The van der Waals surface area contributed by atoms with Crippen LogP contribution < -0.4 is 0 Å². The van der Waals surface area contributed by atoms with Crippen molar-refractivity contribution >= 4 is 5.97 Å². The monoisotopic (exact) mass is 550 g/mol. The Morgan fingerprint density at radius 3 is 1.67 bits per heavy atom. The van der Waals surface area contributed by atoms with Crippen LogP contribution in [0.3, 0.4) is 0 Å². The first-order valence-corrected chi connectivity index (χ1v) is 17.9. The maximum Gasteiger partial charge on any atom is 0.305 e. The van der Waals surface area contributed by atoms with E-state index in [1.165, 1.54) is 161 Å². The van der Waals surface area contributed by atoms with Gasteiger partial charge in [0.2, 0.25) is 0 Å². The largest absolute Gasteiger partial charge is 0.466 e. The molecule has 0 aromatic heterocycles. The average molecular weight is 550 g/mol. The predicted octanol–water partition coefficient (Wildman–Crippen LogP) is 11.1. The number of esters is 1. The summed E-state index contributed by atoms with van der Waals surface area (Å²) >= 11 is 0. The normalized spacial score (nSPS) is 17.6. The number of unbranched alkanes of at least 4 members (excludes halogenated alkanes) is 19. The molecule has 1 aliphatic carbocycles. The summed E-state index contributed by atoms with van der Waals surface area (Å²) in [5.74, 6) is 2.97. The second-order valence-electron chi connectivity index (χ2n) is 13.2. The Balaban J connectivity index is 1.99. The van der Waals surface area contributed by atoms with E-state index in [0.717, 1.165) is 24.2 Å². The van der Waals surface area contributed by atoms with Gasteiger partial charge < -0.3 is 9.64 Å². The standard InChI is InChI=1S/C36H71NO2/c1-5-7-8-9-10-11-12-13-14-15-16-17-18-19-21-24-27-33(30-31-37(3)4)35-32-34(35)28-25-22-20-23-26-29-36(38)39-6-2/h33-35H,5-32H2,1-4H3. The number of hydrogen-bond donors (Lipinski definition) is 0. The zero-order valence-electron chi connectivity index (χ0n) is 27.3. The molecule has 0 aliphatic heterocycles. The van der Waals surface area contributed by atoms with Crippen molar-refractivity contribution < 1.29 is 9.53 Å². The molecule has 3 nitrogen and oxygen atoms in total. The van der Waals surface area contributed by atoms with Crippen molar-refractivity contribution in [3.05, 3.63) is 0 Å². The van der Waals surface area contributed by atoms with E-state index in [4.69, 9.17) is 4.74 Å². The van der Waals surface area contributed by atoms with Crippen LogP contribution in [-0.2, 0) is 9.53 Å². The lowest BCUT2D eigenvalue weighted by atomic mass is 9.90. The van der Waals surface area contributed by atoms with Crippen LogP contribution >= 0.6 is 0 Å². The average Bonchev–Trinajstić information content (AvgIpc) is 3.68. The molecule has 1 rings (SSSR count). The fraction of sp³-hybridized carbons (Fsp3) is 0.972. The molecule has 0 aromatic rings. The molecule has 0 spiro atoms. The van der Waals surface area contributed by atoms with E-state index in [-0.39, 0.29) is 5.97 Å². The minimum absolute atomic E-state index is 0.0218. The van der Waals surface area contributed by atoms with E-state index in [1.807, 2.05) is 6.92 Å². The molecular formula is C36H71NO2. The van der Waals surface area contributed by atoms with Gasteiger partial charge in [-0.15, -0.1) is 0 Å². The van der Waals surface area contributed by atoms with Gasteiger partial charge in [-0.1, -0.05) is 148 Å². The highest BCUT2D eigenvalue weighted by atomic mass is 16.5. The zero-order valence-corrected chi connectivity index (χ0v) is 27.3. The van der Waals surface area contributed by atoms with Gasteiger partial charge in [0.15, 0.2) is 0 Å². The van der Waals surface area contributed by atoms with Crippen LogP contribution in [-0.4, -0.2) is 38.1 Å². The molecule has 39 heavy (non-hydrogen) atoms. The van der Waals surface area contributed by atoms with Gasteiger partial charge in [0.1, 0.15) is 0 Å². The number of ether oxygens (including phenoxy) is 1. The summed E-state index contributed by atoms with van der Waals surface area (Å²) in [7, 11) is 4.47. The van der Waals surface area contributed by atoms with Crippen molar-refractivity contribution in [3.63, 3.8) is 0 Å². The number of hydrogen-bond acceptors (Lipinski definition) is 3. The van der Waals surface area contributed by atoms with Crippen LogP contribution in [0.4, 0.5) is 0 Å². The van der Waals surface area contributed by atoms with Gasteiger partial charge in [-0.25, -0.2) is 0 Å². The maximum absolute atomic E-state index is 11.4. The molecule has 0 heterocycles. The molecule has 0 aromatic carbocycles. The minimum Gasteiger partial charge on any atom is -0.466 e. The molecule has 1 aliphatic rings. The lowest BCUT2D eigenvalue weighted by Crippen LogP contribution is -2.18. The molecule has 0 amide bonds. The highest BCUT2D eigenvalue weighted by molar-refractivity contribution is 5.69. The van der Waals surface area contributed by atoms with Crippen molar-refractivity contribution in [1.82, 2.24) is 4.90 Å². The van der Waals surface area contributed by atoms with Crippen LogP contribution in [0, 0.1) is 17.8 Å². The van der Waals surface area contributed by atoms with Crippen molar-refractivity contribution in [3.8, 4) is 0 Å². The van der Waals surface area contributed by atoms with E-state index < -0.39 is 0 Å². The third-order valence-corrected chi connectivity index (χ3v) is 9.22. The van der Waals surface area contributed by atoms with Crippen molar-refractivity contribution in [1.29, 1.82) is 0 Å². The highest BCUT2D eigenvalue weighted by Crippen LogP contribution is 2.50. The van der Waals surface area contributed by atoms with Gasteiger partial charge in [0.05, 0.1) is 6.61 Å². The Bertz CT molecular complexity index is 534. The van der Waals surface area contributed by atoms with Crippen molar-refractivity contribution in [2.24, 2.45) is 17.8 Å². The van der Waals surface area contributed by atoms with Gasteiger partial charge >= 0.3 is 5.97 Å². The van der Waals surface area contributed by atoms with E-state index >= 15 is 0 Å². The Hall–Kier alpha value is -0.570. The lowest BCUT2D eigenvalue weighted by molar-refractivity contribution is -0.143. The first-order chi connectivity index (χ1) is 19.1. The quantitative estimate of drug-likeness (QED) is 0.0659. The fourth-order valence-corrected chi connectivity index (χ4v) is 6.57. The van der Waals surface area contributed by atoms with Gasteiger partial charge in [-0.05, 0) is 64.6 Å². The summed E-state index contributed by atoms with van der Waals surface area (Å²) in [6.45, 7) is 5.95. The Morgan fingerprint density at radius 1 is 0.667 bits per heavy atom. The maximum atomic E-state index is 11.4. The second-order valence-corrected chi connectivity index (χ2v) is 13.2. The number of rotatable bonds is 30. The van der Waals surface area contributed by atoms with Gasteiger partial charge in [0, 0.05) is 6.42 Å². The summed E-state index contributed by atoms with van der Waals surface area (Å²) < 4.78 is 5.02. The summed E-state index contributed by atoms with van der Waals surface area (Å²) in [6.07, 6.45) is 35.9. The number of carbonyl (C=O) groups excluding carboxylic acids is 1. The summed E-state index contributed by atoms with van der Waals surface area (Å²) in [6, 6.07) is 0. The Kier molecular flexibility index (Phi) is 24.6. The van der Waals surface area contributed by atoms with E-state index in [1.54, 1.807) is 0 Å². The smallest absolute Gasteiger partial charge is 0.305 e. The number of nitrogens with zero attached hydrogens (tertiary/aromatic N) is 1. The molecule has 0 radical (unpaired) electrons. The van der Waals surface area contributed by atoms with Crippen LogP contribution in [0.15, 0.2) is 0 Å². The van der Waals surface area contributed by atoms with Crippen molar-refractivity contribution in [2.45, 2.75) is 181 Å². The van der Waals surface area contributed by atoms with Gasteiger partial charge in [0.25, 0.3) is 0 Å². The first-order valence-electron chi connectivity index (χ1n) is 17.9. The summed E-state index contributed by atoms with van der Waals surface area (Å²) in [5.41, 5.74) is 0. The molecule has 3 unspecified atom stereocenters. The minimum atomic E-state index is -0.0218. The van der Waals surface area contributed by atoms with Crippen LogP contribution in [0.25, 0.3) is 0 Å². The second kappa shape index (κ2) is 26.3. The van der Waals surface area contributed by atoms with Crippen LogP contribution in [0.1, 0.15) is 181 Å². The molecular weight excluding hydrogens is 478 g/mol. The molecule has 3 heteroatoms. The Morgan fingerprint density at radius 2 is 1.15 bits per heavy atom. The third kappa shape index (κ3) is 22.8. The SMILES string of the molecule is CCCCCCCCCCCCCCCCCCC(CCN(C)C)C1CC1CCCCCCCC(=O)OCC.